The summed E-state index contributed by atoms with van der Waals surface area (Å²) in [6.45, 7) is 6.50. The van der Waals surface area contributed by atoms with Gasteiger partial charge in [0.15, 0.2) is 0 Å². The summed E-state index contributed by atoms with van der Waals surface area (Å²) in [4.78, 5) is 0. The van der Waals surface area contributed by atoms with E-state index >= 15 is 0 Å². The van der Waals surface area contributed by atoms with Crippen LogP contribution in [-0.2, 0) is 0 Å². The number of hydrogen-bond acceptors (Lipinski definition) is 1. The Hall–Kier alpha value is -1.76. The van der Waals surface area contributed by atoms with Crippen molar-refractivity contribution >= 4 is 5.69 Å². The maximum Gasteiger partial charge on any atom is 0.0393 e. The minimum atomic E-state index is 0.568. The smallest absolute Gasteiger partial charge is 0.0393 e. The molecule has 0 radical (unpaired) electrons. The van der Waals surface area contributed by atoms with E-state index in [9.17, 15) is 0 Å². The van der Waals surface area contributed by atoms with Gasteiger partial charge in [0, 0.05) is 11.3 Å². The van der Waals surface area contributed by atoms with Gasteiger partial charge in [0.05, 0.1) is 0 Å². The third kappa shape index (κ3) is 2.50. The van der Waals surface area contributed by atoms with Gasteiger partial charge in [-0.3, -0.25) is 0 Å². The monoisotopic (exact) mass is 225 g/mol. The zero-order valence-electron chi connectivity index (χ0n) is 10.7. The molecular formula is C16H19N. The lowest BCUT2D eigenvalue weighted by Crippen LogP contribution is -1.92. The molecule has 88 valence electrons. The first kappa shape index (κ1) is 11.7. The summed E-state index contributed by atoms with van der Waals surface area (Å²) >= 11 is 0. The van der Waals surface area contributed by atoms with Crippen LogP contribution in [0.2, 0.25) is 0 Å². The summed E-state index contributed by atoms with van der Waals surface area (Å²) < 4.78 is 0. The average molecular weight is 225 g/mol. The number of hydrogen-bond donors (Lipinski definition) is 1. The van der Waals surface area contributed by atoms with Crippen molar-refractivity contribution in [3.05, 3.63) is 53.6 Å². The zero-order chi connectivity index (χ0) is 12.4. The SMILES string of the molecule is Cc1ccc(N)c(-c2ccc(C(C)C)cc2)c1. The van der Waals surface area contributed by atoms with E-state index in [0.29, 0.717) is 5.92 Å². The molecule has 0 aliphatic rings. The molecule has 0 aliphatic heterocycles. The van der Waals surface area contributed by atoms with Crippen molar-refractivity contribution in [2.45, 2.75) is 26.7 Å². The number of aryl methyl sites for hydroxylation is 1. The first-order chi connectivity index (χ1) is 8.08. The summed E-state index contributed by atoms with van der Waals surface area (Å²) in [5, 5.41) is 0. The first-order valence-corrected chi connectivity index (χ1v) is 6.04. The molecule has 0 unspecified atom stereocenters. The van der Waals surface area contributed by atoms with Gasteiger partial charge in [-0.15, -0.1) is 0 Å². The van der Waals surface area contributed by atoms with Crippen molar-refractivity contribution in [1.29, 1.82) is 0 Å². The maximum atomic E-state index is 6.02. The zero-order valence-corrected chi connectivity index (χ0v) is 10.7. The number of rotatable bonds is 2. The largest absolute Gasteiger partial charge is 0.398 e. The molecule has 1 heteroatoms. The molecule has 17 heavy (non-hydrogen) atoms. The first-order valence-electron chi connectivity index (χ1n) is 6.04. The molecule has 0 amide bonds. The molecule has 0 aliphatic carbocycles. The van der Waals surface area contributed by atoms with E-state index in [1.807, 2.05) is 12.1 Å². The quantitative estimate of drug-likeness (QED) is 0.755. The van der Waals surface area contributed by atoms with Crippen molar-refractivity contribution in [1.82, 2.24) is 0 Å². The molecule has 2 rings (SSSR count). The van der Waals surface area contributed by atoms with Crippen molar-refractivity contribution in [2.24, 2.45) is 0 Å². The molecule has 0 spiro atoms. The van der Waals surface area contributed by atoms with E-state index < -0.39 is 0 Å². The Kier molecular flexibility index (Phi) is 3.19. The minimum Gasteiger partial charge on any atom is -0.398 e. The number of nitrogens with two attached hydrogens (primary N) is 1. The second-order valence-corrected chi connectivity index (χ2v) is 4.87. The van der Waals surface area contributed by atoms with Crippen LogP contribution in [0.15, 0.2) is 42.5 Å². The molecule has 2 aromatic rings. The molecule has 0 atom stereocenters. The molecule has 2 N–H and O–H groups in total. The fraction of sp³-hybridized carbons (Fsp3) is 0.250. The van der Waals surface area contributed by atoms with Gasteiger partial charge in [-0.1, -0.05) is 49.7 Å². The highest BCUT2D eigenvalue weighted by Gasteiger charge is 2.04. The van der Waals surface area contributed by atoms with Crippen molar-refractivity contribution in [3.63, 3.8) is 0 Å². The van der Waals surface area contributed by atoms with Crippen LogP contribution in [-0.4, -0.2) is 0 Å². The topological polar surface area (TPSA) is 26.0 Å². The fourth-order valence-corrected chi connectivity index (χ4v) is 1.97. The van der Waals surface area contributed by atoms with Gasteiger partial charge in [-0.2, -0.15) is 0 Å². The van der Waals surface area contributed by atoms with E-state index in [4.69, 9.17) is 5.73 Å². The molecule has 0 saturated heterocycles. The second kappa shape index (κ2) is 4.62. The Balaban J connectivity index is 2.43. The van der Waals surface area contributed by atoms with Gasteiger partial charge >= 0.3 is 0 Å². The second-order valence-electron chi connectivity index (χ2n) is 4.87. The summed E-state index contributed by atoms with van der Waals surface area (Å²) in [6, 6.07) is 14.8. The van der Waals surface area contributed by atoms with Gasteiger partial charge in [-0.25, -0.2) is 0 Å². The molecule has 0 saturated carbocycles. The summed E-state index contributed by atoms with van der Waals surface area (Å²) in [7, 11) is 0. The van der Waals surface area contributed by atoms with E-state index in [2.05, 4.69) is 51.1 Å². The highest BCUT2D eigenvalue weighted by molar-refractivity contribution is 5.76. The van der Waals surface area contributed by atoms with Gasteiger partial charge in [0.2, 0.25) is 0 Å². The summed E-state index contributed by atoms with van der Waals surface area (Å²) in [5.41, 5.74) is 11.8. The predicted molar refractivity (Wildman–Crippen MR) is 75.1 cm³/mol. The van der Waals surface area contributed by atoms with E-state index in [1.165, 1.54) is 16.7 Å². The van der Waals surface area contributed by atoms with Crippen molar-refractivity contribution < 1.29 is 0 Å². The number of anilines is 1. The third-order valence-electron chi connectivity index (χ3n) is 3.10. The van der Waals surface area contributed by atoms with Gasteiger partial charge in [0.25, 0.3) is 0 Å². The van der Waals surface area contributed by atoms with Crippen LogP contribution in [0.1, 0.15) is 30.9 Å². The molecule has 2 aromatic carbocycles. The lowest BCUT2D eigenvalue weighted by atomic mass is 9.97. The standard InChI is InChI=1S/C16H19N/c1-11(2)13-5-7-14(8-6-13)15-10-12(3)4-9-16(15)17/h4-11H,17H2,1-3H3. The van der Waals surface area contributed by atoms with Gasteiger partial charge in [-0.05, 0) is 36.1 Å². The van der Waals surface area contributed by atoms with E-state index in [-0.39, 0.29) is 0 Å². The summed E-state index contributed by atoms with van der Waals surface area (Å²) in [5.74, 6) is 0.568. The van der Waals surface area contributed by atoms with Crippen LogP contribution in [0.3, 0.4) is 0 Å². The lowest BCUT2D eigenvalue weighted by Gasteiger charge is -2.09. The van der Waals surface area contributed by atoms with Gasteiger partial charge in [0.1, 0.15) is 0 Å². The van der Waals surface area contributed by atoms with Crippen LogP contribution in [0, 0.1) is 6.92 Å². The Labute approximate surface area is 103 Å². The van der Waals surface area contributed by atoms with Crippen LogP contribution in [0.25, 0.3) is 11.1 Å². The Morgan fingerprint density at radius 3 is 2.18 bits per heavy atom. The van der Waals surface area contributed by atoms with Gasteiger partial charge < -0.3 is 5.73 Å². The predicted octanol–water partition coefficient (Wildman–Crippen LogP) is 4.37. The average Bonchev–Trinajstić information content (AvgIpc) is 2.32. The Morgan fingerprint density at radius 1 is 0.941 bits per heavy atom. The highest BCUT2D eigenvalue weighted by Crippen LogP contribution is 2.28. The molecule has 0 heterocycles. The van der Waals surface area contributed by atoms with E-state index in [0.717, 1.165) is 11.3 Å². The third-order valence-corrected chi connectivity index (χ3v) is 3.10. The highest BCUT2D eigenvalue weighted by atomic mass is 14.6. The maximum absolute atomic E-state index is 6.02. The van der Waals surface area contributed by atoms with Crippen LogP contribution < -0.4 is 5.73 Å². The minimum absolute atomic E-state index is 0.568. The number of nitrogen functional groups attached to an aromatic ring is 1. The fourth-order valence-electron chi connectivity index (χ4n) is 1.97. The molecule has 0 fully saturated rings. The summed E-state index contributed by atoms with van der Waals surface area (Å²) in [6.07, 6.45) is 0. The van der Waals surface area contributed by atoms with Crippen LogP contribution >= 0.6 is 0 Å². The van der Waals surface area contributed by atoms with Crippen molar-refractivity contribution in [2.75, 3.05) is 5.73 Å². The Bertz CT molecular complexity index is 510. The van der Waals surface area contributed by atoms with Crippen molar-refractivity contribution in [3.8, 4) is 11.1 Å². The molecule has 1 nitrogen and oxygen atoms in total. The molecule has 0 aromatic heterocycles. The van der Waals surface area contributed by atoms with E-state index in [1.54, 1.807) is 0 Å². The lowest BCUT2D eigenvalue weighted by molar-refractivity contribution is 0.867. The van der Waals surface area contributed by atoms with Crippen LogP contribution in [0.5, 0.6) is 0 Å². The number of benzene rings is 2. The Morgan fingerprint density at radius 2 is 1.59 bits per heavy atom. The molecule has 0 bridgehead atoms. The normalized spacial score (nSPS) is 10.8. The van der Waals surface area contributed by atoms with Crippen LogP contribution in [0.4, 0.5) is 5.69 Å². The molecular weight excluding hydrogens is 206 g/mol.